The van der Waals surface area contributed by atoms with Crippen LogP contribution >= 0.6 is 0 Å². The molecule has 0 saturated carbocycles. The van der Waals surface area contributed by atoms with E-state index < -0.39 is 0 Å². The van der Waals surface area contributed by atoms with Gasteiger partial charge in [0.15, 0.2) is 0 Å². The second-order valence-electron chi connectivity index (χ2n) is 5.92. The van der Waals surface area contributed by atoms with Gasteiger partial charge in [0.25, 0.3) is 0 Å². The molecule has 0 atom stereocenters. The molecule has 132 valence electrons. The van der Waals surface area contributed by atoms with E-state index in [2.05, 4.69) is 10.3 Å². The molecule has 1 N–H and O–H groups in total. The van der Waals surface area contributed by atoms with Crippen molar-refractivity contribution in [3.63, 3.8) is 0 Å². The van der Waals surface area contributed by atoms with Gasteiger partial charge in [0.05, 0.1) is 12.2 Å². The fourth-order valence-corrected chi connectivity index (χ4v) is 2.58. The minimum Gasteiger partial charge on any atom is -0.318 e. The number of carbonyl (C=O) groups excluding carboxylic acids is 1. The van der Waals surface area contributed by atoms with Crippen LogP contribution in [0, 0.1) is 5.82 Å². The van der Waals surface area contributed by atoms with E-state index in [1.165, 1.54) is 12.1 Å². The highest BCUT2D eigenvalue weighted by molar-refractivity contribution is 5.89. The second-order valence-corrected chi connectivity index (χ2v) is 5.92. The molecule has 0 aliphatic heterocycles. The molecule has 3 rings (SSSR count). The third-order valence-electron chi connectivity index (χ3n) is 3.97. The fraction of sp³-hybridized carbons (Fsp3) is 0.143. The van der Waals surface area contributed by atoms with Crippen LogP contribution in [0.25, 0.3) is 0 Å². The highest BCUT2D eigenvalue weighted by atomic mass is 19.1. The molecule has 1 aromatic heterocycles. The Bertz CT molecular complexity index is 823. The Kier molecular flexibility index (Phi) is 5.93. The Morgan fingerprint density at radius 1 is 0.962 bits per heavy atom. The number of nitrogens with one attached hydrogen (secondary N) is 1. The SMILES string of the molecule is O=C(Nc1ccc(F)cc1)N(CCc1ccccc1)Cc1ccccn1. The number of urea groups is 1. The highest BCUT2D eigenvalue weighted by Crippen LogP contribution is 2.12. The summed E-state index contributed by atoms with van der Waals surface area (Å²) in [6, 6.07) is 21.1. The van der Waals surface area contributed by atoms with Crippen molar-refractivity contribution in [2.75, 3.05) is 11.9 Å². The fourth-order valence-electron chi connectivity index (χ4n) is 2.58. The Balaban J connectivity index is 1.70. The molecule has 0 radical (unpaired) electrons. The lowest BCUT2D eigenvalue weighted by atomic mass is 10.1. The molecular formula is C21H20FN3O. The van der Waals surface area contributed by atoms with Gasteiger partial charge in [-0.15, -0.1) is 0 Å². The summed E-state index contributed by atoms with van der Waals surface area (Å²) in [5, 5.41) is 2.82. The summed E-state index contributed by atoms with van der Waals surface area (Å²) < 4.78 is 13.0. The topological polar surface area (TPSA) is 45.2 Å². The molecule has 26 heavy (non-hydrogen) atoms. The zero-order valence-corrected chi connectivity index (χ0v) is 14.3. The number of benzene rings is 2. The van der Waals surface area contributed by atoms with E-state index in [0.29, 0.717) is 18.8 Å². The smallest absolute Gasteiger partial charge is 0.318 e. The maximum Gasteiger partial charge on any atom is 0.322 e. The molecular weight excluding hydrogens is 329 g/mol. The van der Waals surface area contributed by atoms with Crippen LogP contribution in [-0.4, -0.2) is 22.5 Å². The Hall–Kier alpha value is -3.21. The van der Waals surface area contributed by atoms with E-state index >= 15 is 0 Å². The van der Waals surface area contributed by atoms with Crippen LogP contribution in [0.5, 0.6) is 0 Å². The summed E-state index contributed by atoms with van der Waals surface area (Å²) in [4.78, 5) is 18.7. The normalized spacial score (nSPS) is 10.3. The van der Waals surface area contributed by atoms with Crippen molar-refractivity contribution >= 4 is 11.7 Å². The van der Waals surface area contributed by atoms with Gasteiger partial charge in [0.2, 0.25) is 0 Å². The van der Waals surface area contributed by atoms with Crippen LogP contribution in [0.1, 0.15) is 11.3 Å². The van der Waals surface area contributed by atoms with E-state index in [4.69, 9.17) is 0 Å². The van der Waals surface area contributed by atoms with Gasteiger partial charge in [-0.2, -0.15) is 0 Å². The van der Waals surface area contributed by atoms with Crippen molar-refractivity contribution in [1.82, 2.24) is 9.88 Å². The number of halogens is 1. The molecule has 0 bridgehead atoms. The van der Waals surface area contributed by atoms with E-state index in [9.17, 15) is 9.18 Å². The summed E-state index contributed by atoms with van der Waals surface area (Å²) in [7, 11) is 0. The number of carbonyl (C=O) groups is 1. The van der Waals surface area contributed by atoms with Crippen molar-refractivity contribution < 1.29 is 9.18 Å². The summed E-state index contributed by atoms with van der Waals surface area (Å²) >= 11 is 0. The van der Waals surface area contributed by atoms with Gasteiger partial charge in [-0.3, -0.25) is 4.98 Å². The molecule has 2 amide bonds. The monoisotopic (exact) mass is 349 g/mol. The Morgan fingerprint density at radius 3 is 2.38 bits per heavy atom. The van der Waals surface area contributed by atoms with Crippen LogP contribution in [-0.2, 0) is 13.0 Å². The van der Waals surface area contributed by atoms with E-state index in [1.54, 1.807) is 23.2 Å². The zero-order chi connectivity index (χ0) is 18.2. The van der Waals surface area contributed by atoms with E-state index in [0.717, 1.165) is 17.7 Å². The van der Waals surface area contributed by atoms with E-state index in [-0.39, 0.29) is 11.8 Å². The molecule has 0 saturated heterocycles. The average Bonchev–Trinajstić information content (AvgIpc) is 2.68. The number of pyridine rings is 1. The number of hydrogen-bond donors (Lipinski definition) is 1. The number of hydrogen-bond acceptors (Lipinski definition) is 2. The molecule has 4 nitrogen and oxygen atoms in total. The zero-order valence-electron chi connectivity index (χ0n) is 14.3. The van der Waals surface area contributed by atoms with Crippen LogP contribution in [0.4, 0.5) is 14.9 Å². The van der Waals surface area contributed by atoms with Crippen molar-refractivity contribution in [2.45, 2.75) is 13.0 Å². The summed E-state index contributed by atoms with van der Waals surface area (Å²) in [5.74, 6) is -0.336. The predicted octanol–water partition coefficient (Wildman–Crippen LogP) is 4.50. The first-order valence-electron chi connectivity index (χ1n) is 8.46. The second kappa shape index (κ2) is 8.76. The first kappa shape index (κ1) is 17.6. The largest absolute Gasteiger partial charge is 0.322 e. The number of anilines is 1. The van der Waals surface area contributed by atoms with Gasteiger partial charge in [-0.1, -0.05) is 36.4 Å². The maximum atomic E-state index is 13.0. The van der Waals surface area contributed by atoms with Gasteiger partial charge in [0, 0.05) is 18.4 Å². The lowest BCUT2D eigenvalue weighted by molar-refractivity contribution is 0.209. The van der Waals surface area contributed by atoms with E-state index in [1.807, 2.05) is 48.5 Å². The third kappa shape index (κ3) is 5.14. The first-order valence-corrected chi connectivity index (χ1v) is 8.46. The molecule has 5 heteroatoms. The third-order valence-corrected chi connectivity index (χ3v) is 3.97. The average molecular weight is 349 g/mol. The number of rotatable bonds is 6. The lowest BCUT2D eigenvalue weighted by Gasteiger charge is -2.23. The maximum absolute atomic E-state index is 13.0. The van der Waals surface area contributed by atoms with Gasteiger partial charge >= 0.3 is 6.03 Å². The molecule has 0 aliphatic rings. The van der Waals surface area contributed by atoms with Crippen LogP contribution in [0.3, 0.4) is 0 Å². The van der Waals surface area contributed by atoms with Crippen LogP contribution in [0.15, 0.2) is 79.0 Å². The Morgan fingerprint density at radius 2 is 1.69 bits per heavy atom. The first-order chi connectivity index (χ1) is 12.7. The van der Waals surface area contributed by atoms with Crippen LogP contribution in [0.2, 0.25) is 0 Å². The van der Waals surface area contributed by atoms with Gasteiger partial charge in [-0.05, 0) is 48.4 Å². The summed E-state index contributed by atoms with van der Waals surface area (Å²) in [5.41, 5.74) is 2.53. The summed E-state index contributed by atoms with van der Waals surface area (Å²) in [6.45, 7) is 0.953. The van der Waals surface area contributed by atoms with Crippen LogP contribution < -0.4 is 5.32 Å². The summed E-state index contributed by atoms with van der Waals surface area (Å²) in [6.07, 6.45) is 2.45. The minimum absolute atomic E-state index is 0.238. The molecule has 0 fully saturated rings. The molecule has 0 unspecified atom stereocenters. The number of amides is 2. The number of nitrogens with zero attached hydrogens (tertiary/aromatic N) is 2. The van der Waals surface area contributed by atoms with Crippen molar-refractivity contribution in [3.8, 4) is 0 Å². The van der Waals surface area contributed by atoms with Gasteiger partial charge in [-0.25, -0.2) is 9.18 Å². The highest BCUT2D eigenvalue weighted by Gasteiger charge is 2.15. The molecule has 1 heterocycles. The molecule has 0 aliphatic carbocycles. The quantitative estimate of drug-likeness (QED) is 0.712. The van der Waals surface area contributed by atoms with Gasteiger partial charge in [0.1, 0.15) is 5.82 Å². The van der Waals surface area contributed by atoms with Crippen molar-refractivity contribution in [3.05, 3.63) is 96.1 Å². The molecule has 3 aromatic rings. The van der Waals surface area contributed by atoms with Crippen molar-refractivity contribution in [1.29, 1.82) is 0 Å². The minimum atomic E-state index is -0.336. The molecule has 0 spiro atoms. The van der Waals surface area contributed by atoms with Crippen molar-refractivity contribution in [2.24, 2.45) is 0 Å². The lowest BCUT2D eigenvalue weighted by Crippen LogP contribution is -2.36. The molecule has 2 aromatic carbocycles. The predicted molar refractivity (Wildman–Crippen MR) is 100 cm³/mol. The Labute approximate surface area is 152 Å². The standard InChI is InChI=1S/C21H20FN3O/c22-18-9-11-19(12-10-18)24-21(26)25(16-20-8-4-5-14-23-20)15-13-17-6-2-1-3-7-17/h1-12,14H,13,15-16H2,(H,24,26). The van der Waals surface area contributed by atoms with Gasteiger partial charge < -0.3 is 10.2 Å². The number of aromatic nitrogens is 1.